The van der Waals surface area contributed by atoms with E-state index in [0.717, 1.165) is 6.54 Å². The van der Waals surface area contributed by atoms with Crippen LogP contribution in [0.2, 0.25) is 0 Å². The SMILES string of the molecule is CC.CC.CC.CC1CNC2C=CC=CN12. The zero-order chi connectivity index (χ0) is 13.0. The number of hydrogen-bond donors (Lipinski definition) is 1. The number of nitrogens with zero attached hydrogens (tertiary/aromatic N) is 1. The van der Waals surface area contributed by atoms with Crippen LogP contribution in [0.1, 0.15) is 48.5 Å². The molecular formula is C14H30N2. The van der Waals surface area contributed by atoms with Gasteiger partial charge in [-0.15, -0.1) is 0 Å². The molecule has 0 saturated carbocycles. The maximum atomic E-state index is 3.40. The molecule has 0 aromatic heterocycles. The molecule has 2 aliphatic rings. The van der Waals surface area contributed by atoms with Crippen LogP contribution in [0.5, 0.6) is 0 Å². The van der Waals surface area contributed by atoms with Gasteiger partial charge in [0.15, 0.2) is 0 Å². The third-order valence-electron chi connectivity index (χ3n) is 2.12. The summed E-state index contributed by atoms with van der Waals surface area (Å²) >= 11 is 0. The third kappa shape index (κ3) is 5.36. The second-order valence-electron chi connectivity index (χ2n) is 2.88. The molecule has 1 N–H and O–H groups in total. The number of nitrogens with one attached hydrogen (secondary N) is 1. The zero-order valence-corrected chi connectivity index (χ0v) is 12.1. The fourth-order valence-electron chi connectivity index (χ4n) is 1.50. The van der Waals surface area contributed by atoms with E-state index in [-0.39, 0.29) is 0 Å². The molecule has 2 aliphatic heterocycles. The first-order chi connectivity index (χ1) is 7.88. The maximum Gasteiger partial charge on any atom is 0.0988 e. The number of hydrogen-bond acceptors (Lipinski definition) is 2. The lowest BCUT2D eigenvalue weighted by atomic mass is 10.3. The fraction of sp³-hybridized carbons (Fsp3) is 0.714. The van der Waals surface area contributed by atoms with E-state index in [9.17, 15) is 0 Å². The molecule has 2 unspecified atom stereocenters. The first-order valence-corrected chi connectivity index (χ1v) is 6.74. The summed E-state index contributed by atoms with van der Waals surface area (Å²) in [5.74, 6) is 0. The maximum absolute atomic E-state index is 3.40. The van der Waals surface area contributed by atoms with E-state index in [1.165, 1.54) is 0 Å². The Hall–Kier alpha value is -0.760. The van der Waals surface area contributed by atoms with Gasteiger partial charge < -0.3 is 4.90 Å². The Labute approximate surface area is 102 Å². The number of allylic oxidation sites excluding steroid dienone is 2. The summed E-state index contributed by atoms with van der Waals surface area (Å²) in [5.41, 5.74) is 0. The van der Waals surface area contributed by atoms with Gasteiger partial charge in [-0.05, 0) is 19.1 Å². The first kappa shape index (κ1) is 17.6. The van der Waals surface area contributed by atoms with Gasteiger partial charge in [-0.2, -0.15) is 0 Å². The van der Waals surface area contributed by atoms with Gasteiger partial charge in [-0.1, -0.05) is 47.6 Å². The van der Waals surface area contributed by atoms with Crippen LogP contribution in [0.4, 0.5) is 0 Å². The molecule has 0 aromatic carbocycles. The molecule has 2 heterocycles. The van der Waals surface area contributed by atoms with Gasteiger partial charge in [0.25, 0.3) is 0 Å². The van der Waals surface area contributed by atoms with Crippen LogP contribution in [-0.4, -0.2) is 23.7 Å². The standard InChI is InChI=1S/C8H12N2.3C2H6/c1-7-6-9-8-4-2-3-5-10(7)8;3*1-2/h2-5,7-9H,6H2,1H3;3*1-2H3. The van der Waals surface area contributed by atoms with Crippen LogP contribution in [0.15, 0.2) is 24.4 Å². The van der Waals surface area contributed by atoms with E-state index in [0.29, 0.717) is 12.2 Å². The van der Waals surface area contributed by atoms with Gasteiger partial charge >= 0.3 is 0 Å². The average Bonchev–Trinajstić information content (AvgIpc) is 2.79. The van der Waals surface area contributed by atoms with Crippen molar-refractivity contribution in [2.45, 2.75) is 60.7 Å². The summed E-state index contributed by atoms with van der Waals surface area (Å²) in [6, 6.07) is 0.645. The van der Waals surface area contributed by atoms with Crippen LogP contribution >= 0.6 is 0 Å². The lowest BCUT2D eigenvalue weighted by Crippen LogP contribution is -2.33. The Morgan fingerprint density at radius 2 is 1.56 bits per heavy atom. The molecule has 1 saturated heterocycles. The van der Waals surface area contributed by atoms with Crippen molar-refractivity contribution in [3.63, 3.8) is 0 Å². The largest absolute Gasteiger partial charge is 0.355 e. The summed E-state index contributed by atoms with van der Waals surface area (Å²) in [4.78, 5) is 2.33. The van der Waals surface area contributed by atoms with Crippen molar-refractivity contribution in [2.75, 3.05) is 6.54 Å². The molecule has 0 radical (unpaired) electrons. The molecule has 16 heavy (non-hydrogen) atoms. The average molecular weight is 226 g/mol. The van der Waals surface area contributed by atoms with E-state index in [1.807, 2.05) is 41.5 Å². The predicted molar refractivity (Wildman–Crippen MR) is 75.4 cm³/mol. The molecule has 1 fully saturated rings. The van der Waals surface area contributed by atoms with Gasteiger partial charge in [-0.25, -0.2) is 0 Å². The minimum atomic E-state index is 0.458. The van der Waals surface area contributed by atoms with Crippen molar-refractivity contribution in [3.8, 4) is 0 Å². The fourth-order valence-corrected chi connectivity index (χ4v) is 1.50. The Kier molecular flexibility index (Phi) is 13.6. The lowest BCUT2D eigenvalue weighted by molar-refractivity contribution is 0.320. The topological polar surface area (TPSA) is 15.3 Å². The van der Waals surface area contributed by atoms with Gasteiger partial charge in [0, 0.05) is 18.8 Å². The third-order valence-corrected chi connectivity index (χ3v) is 2.12. The highest BCUT2D eigenvalue weighted by Gasteiger charge is 2.25. The van der Waals surface area contributed by atoms with Crippen molar-refractivity contribution in [3.05, 3.63) is 24.4 Å². The van der Waals surface area contributed by atoms with Crippen molar-refractivity contribution >= 4 is 0 Å². The minimum absolute atomic E-state index is 0.458. The quantitative estimate of drug-likeness (QED) is 0.676. The summed E-state index contributed by atoms with van der Waals surface area (Å²) in [5, 5.41) is 3.40. The van der Waals surface area contributed by atoms with E-state index in [1.54, 1.807) is 0 Å². The van der Waals surface area contributed by atoms with Crippen LogP contribution in [0.25, 0.3) is 0 Å². The number of rotatable bonds is 0. The van der Waals surface area contributed by atoms with Gasteiger partial charge in [-0.3, -0.25) is 5.32 Å². The lowest BCUT2D eigenvalue weighted by Gasteiger charge is -2.25. The van der Waals surface area contributed by atoms with E-state index >= 15 is 0 Å². The van der Waals surface area contributed by atoms with E-state index < -0.39 is 0 Å². The molecule has 2 atom stereocenters. The highest BCUT2D eigenvalue weighted by atomic mass is 15.3. The smallest absolute Gasteiger partial charge is 0.0988 e. The molecule has 0 spiro atoms. The second kappa shape index (κ2) is 12.3. The molecular weight excluding hydrogens is 196 g/mol. The van der Waals surface area contributed by atoms with Crippen LogP contribution in [0, 0.1) is 0 Å². The summed E-state index contributed by atoms with van der Waals surface area (Å²) < 4.78 is 0. The zero-order valence-electron chi connectivity index (χ0n) is 12.1. The van der Waals surface area contributed by atoms with Crippen molar-refractivity contribution in [2.24, 2.45) is 0 Å². The normalized spacial score (nSPS) is 24.1. The molecule has 2 nitrogen and oxygen atoms in total. The van der Waals surface area contributed by atoms with Gasteiger partial charge in [0.1, 0.15) is 0 Å². The second-order valence-corrected chi connectivity index (χ2v) is 2.88. The minimum Gasteiger partial charge on any atom is -0.355 e. The van der Waals surface area contributed by atoms with Crippen molar-refractivity contribution in [1.82, 2.24) is 10.2 Å². The van der Waals surface area contributed by atoms with Crippen molar-refractivity contribution < 1.29 is 0 Å². The van der Waals surface area contributed by atoms with Crippen LogP contribution in [0.3, 0.4) is 0 Å². The molecule has 2 rings (SSSR count). The van der Waals surface area contributed by atoms with Gasteiger partial charge in [0.05, 0.1) is 6.17 Å². The Morgan fingerprint density at radius 1 is 1.00 bits per heavy atom. The monoisotopic (exact) mass is 226 g/mol. The van der Waals surface area contributed by atoms with Crippen LogP contribution in [-0.2, 0) is 0 Å². The molecule has 2 heteroatoms. The Morgan fingerprint density at radius 3 is 2.06 bits per heavy atom. The highest BCUT2D eigenvalue weighted by Crippen LogP contribution is 2.15. The summed E-state index contributed by atoms with van der Waals surface area (Å²) in [7, 11) is 0. The highest BCUT2D eigenvalue weighted by molar-refractivity contribution is 5.15. The Balaban J connectivity index is 0. The van der Waals surface area contributed by atoms with E-state index in [2.05, 4.69) is 41.6 Å². The van der Waals surface area contributed by atoms with Crippen LogP contribution < -0.4 is 5.32 Å². The molecule has 0 aliphatic carbocycles. The number of fused-ring (bicyclic) bond motifs is 1. The predicted octanol–water partition coefficient (Wildman–Crippen LogP) is 3.77. The molecule has 0 aromatic rings. The summed E-state index contributed by atoms with van der Waals surface area (Å²) in [6.45, 7) is 15.3. The van der Waals surface area contributed by atoms with Gasteiger partial charge in [0.2, 0.25) is 0 Å². The molecule has 96 valence electrons. The Bertz CT molecular complexity index is 185. The molecule has 0 bridgehead atoms. The van der Waals surface area contributed by atoms with E-state index in [4.69, 9.17) is 0 Å². The van der Waals surface area contributed by atoms with Crippen molar-refractivity contribution in [1.29, 1.82) is 0 Å². The first-order valence-electron chi connectivity index (χ1n) is 6.74. The molecule has 0 amide bonds. The summed E-state index contributed by atoms with van der Waals surface area (Å²) in [6.07, 6.45) is 8.96.